The van der Waals surface area contributed by atoms with Crippen LogP contribution in [0.3, 0.4) is 0 Å². The molecule has 1 amide bonds. The van der Waals surface area contributed by atoms with Crippen LogP contribution in [0.4, 0.5) is 13.2 Å². The molecule has 11 heteroatoms. The maximum atomic E-state index is 12.6. The molecule has 1 N–H and O–H groups in total. The molecule has 31 heavy (non-hydrogen) atoms. The van der Waals surface area contributed by atoms with E-state index in [9.17, 15) is 22.8 Å². The van der Waals surface area contributed by atoms with Crippen LogP contribution in [0.5, 0.6) is 0 Å². The van der Waals surface area contributed by atoms with Gasteiger partial charge in [-0.25, -0.2) is 4.79 Å². The van der Waals surface area contributed by atoms with Crippen LogP contribution in [0.1, 0.15) is 20.9 Å². The standard InChI is InChI=1S/C18H23N3O2S.C2HF3O2/c1-19(2)11-12-21-15-8-10-20(18(23)16-4-3-13-24-16)9-7-14(15)5-6-17(21)22;3-2(4,5)1(6)7/h3-6,13H,7-12H2,1-2H3;(H,6,7). The van der Waals surface area contributed by atoms with E-state index in [0.29, 0.717) is 19.6 Å². The highest BCUT2D eigenvalue weighted by Crippen LogP contribution is 2.18. The number of amides is 1. The number of alkyl halides is 3. The average molecular weight is 459 g/mol. The normalized spacial score (nSPS) is 13.8. The number of likely N-dealkylation sites (N-methyl/N-ethyl adjacent to an activating group) is 1. The molecule has 0 saturated carbocycles. The fourth-order valence-corrected chi connectivity index (χ4v) is 3.79. The van der Waals surface area contributed by atoms with Crippen LogP contribution in [0.25, 0.3) is 0 Å². The van der Waals surface area contributed by atoms with Crippen molar-refractivity contribution >= 4 is 23.2 Å². The summed E-state index contributed by atoms with van der Waals surface area (Å²) in [6.07, 6.45) is -3.55. The number of aromatic nitrogens is 1. The molecule has 7 nitrogen and oxygen atoms in total. The molecule has 1 aliphatic rings. The summed E-state index contributed by atoms with van der Waals surface area (Å²) in [6, 6.07) is 7.37. The van der Waals surface area contributed by atoms with Gasteiger partial charge in [-0.1, -0.05) is 12.1 Å². The monoisotopic (exact) mass is 459 g/mol. The van der Waals surface area contributed by atoms with Crippen LogP contribution in [-0.4, -0.2) is 71.3 Å². The molecule has 0 unspecified atom stereocenters. The Morgan fingerprint density at radius 3 is 2.35 bits per heavy atom. The second-order valence-electron chi connectivity index (χ2n) is 7.17. The van der Waals surface area contributed by atoms with E-state index < -0.39 is 12.1 Å². The van der Waals surface area contributed by atoms with E-state index >= 15 is 0 Å². The zero-order valence-electron chi connectivity index (χ0n) is 17.2. The van der Waals surface area contributed by atoms with E-state index in [2.05, 4.69) is 4.90 Å². The van der Waals surface area contributed by atoms with Gasteiger partial charge in [-0.2, -0.15) is 13.2 Å². The molecular formula is C20H24F3N3O4S. The molecule has 0 bridgehead atoms. The fraction of sp³-hybridized carbons (Fsp3) is 0.450. The second kappa shape index (κ2) is 10.6. The predicted octanol–water partition coefficient (Wildman–Crippen LogP) is 2.35. The number of halogens is 3. The Kier molecular flexibility index (Phi) is 8.40. The number of carbonyl (C=O) groups excluding carboxylic acids is 1. The second-order valence-corrected chi connectivity index (χ2v) is 8.12. The number of fused-ring (bicyclic) bond motifs is 1. The molecule has 0 saturated heterocycles. The Bertz CT molecular complexity index is 956. The van der Waals surface area contributed by atoms with Gasteiger partial charge in [-0.15, -0.1) is 11.3 Å². The number of thiophene rings is 1. The minimum atomic E-state index is -5.08. The van der Waals surface area contributed by atoms with E-state index in [0.717, 1.165) is 30.0 Å². The van der Waals surface area contributed by atoms with Crippen LogP contribution in [0.15, 0.2) is 34.4 Å². The summed E-state index contributed by atoms with van der Waals surface area (Å²) in [5, 5.41) is 9.05. The lowest BCUT2D eigenvalue weighted by Crippen LogP contribution is -2.33. The summed E-state index contributed by atoms with van der Waals surface area (Å²) in [4.78, 5) is 38.5. The van der Waals surface area contributed by atoms with Gasteiger partial charge in [0.25, 0.3) is 11.5 Å². The lowest BCUT2D eigenvalue weighted by Gasteiger charge is -2.19. The van der Waals surface area contributed by atoms with E-state index in [4.69, 9.17) is 9.90 Å². The number of nitrogens with zero attached hydrogens (tertiary/aromatic N) is 3. The summed E-state index contributed by atoms with van der Waals surface area (Å²) in [6.45, 7) is 2.88. The molecule has 0 spiro atoms. The number of hydrogen-bond donors (Lipinski definition) is 1. The van der Waals surface area contributed by atoms with Gasteiger partial charge in [-0.05, 0) is 37.5 Å². The van der Waals surface area contributed by atoms with Crippen molar-refractivity contribution in [3.05, 3.63) is 56.1 Å². The summed E-state index contributed by atoms with van der Waals surface area (Å²) in [7, 11) is 4.02. The van der Waals surface area contributed by atoms with Crippen molar-refractivity contribution in [2.24, 2.45) is 0 Å². The molecule has 1 aliphatic heterocycles. The minimum absolute atomic E-state index is 0.0497. The number of pyridine rings is 1. The first kappa shape index (κ1) is 24.6. The number of carboxylic acids is 1. The maximum absolute atomic E-state index is 12.6. The largest absolute Gasteiger partial charge is 0.490 e. The smallest absolute Gasteiger partial charge is 0.475 e. The van der Waals surface area contributed by atoms with Crippen molar-refractivity contribution in [2.75, 3.05) is 33.7 Å². The van der Waals surface area contributed by atoms with Crippen molar-refractivity contribution in [1.29, 1.82) is 0 Å². The van der Waals surface area contributed by atoms with Crippen LogP contribution in [0, 0.1) is 0 Å². The predicted molar refractivity (Wildman–Crippen MR) is 111 cm³/mol. The highest BCUT2D eigenvalue weighted by Gasteiger charge is 2.38. The number of aliphatic carboxylic acids is 1. The highest BCUT2D eigenvalue weighted by molar-refractivity contribution is 7.12. The van der Waals surface area contributed by atoms with E-state index in [1.165, 1.54) is 16.9 Å². The Morgan fingerprint density at radius 1 is 1.16 bits per heavy atom. The molecule has 0 fully saturated rings. The lowest BCUT2D eigenvalue weighted by atomic mass is 10.1. The third-order valence-corrected chi connectivity index (χ3v) is 5.55. The van der Waals surface area contributed by atoms with Crippen molar-refractivity contribution < 1.29 is 27.9 Å². The molecule has 170 valence electrons. The third-order valence-electron chi connectivity index (χ3n) is 4.69. The van der Waals surface area contributed by atoms with Gasteiger partial charge in [0.15, 0.2) is 0 Å². The van der Waals surface area contributed by atoms with Gasteiger partial charge < -0.3 is 19.5 Å². The van der Waals surface area contributed by atoms with Crippen molar-refractivity contribution in [1.82, 2.24) is 14.4 Å². The maximum Gasteiger partial charge on any atom is 0.490 e. The van der Waals surface area contributed by atoms with Crippen molar-refractivity contribution in [3.63, 3.8) is 0 Å². The SMILES string of the molecule is CN(C)CCn1c2c(ccc1=O)CCN(C(=O)c1cccs1)CC2.O=C(O)C(F)(F)F. The molecule has 2 aromatic rings. The molecule has 0 aromatic carbocycles. The van der Waals surface area contributed by atoms with Crippen molar-refractivity contribution in [3.8, 4) is 0 Å². The van der Waals surface area contributed by atoms with Gasteiger partial charge in [0.05, 0.1) is 4.88 Å². The number of carbonyl (C=O) groups is 2. The van der Waals surface area contributed by atoms with Gasteiger partial charge in [0, 0.05) is 44.4 Å². The zero-order chi connectivity index (χ0) is 23.2. The van der Waals surface area contributed by atoms with Crippen LogP contribution in [-0.2, 0) is 24.2 Å². The number of rotatable bonds is 4. The first-order valence-corrected chi connectivity index (χ1v) is 10.4. The fourth-order valence-electron chi connectivity index (χ4n) is 3.10. The topological polar surface area (TPSA) is 82.9 Å². The van der Waals surface area contributed by atoms with Crippen molar-refractivity contribution in [2.45, 2.75) is 25.6 Å². The Hall–Kier alpha value is -2.66. The average Bonchev–Trinajstić information content (AvgIpc) is 3.13. The summed E-state index contributed by atoms with van der Waals surface area (Å²) in [5.41, 5.74) is 2.33. The third kappa shape index (κ3) is 6.93. The van der Waals surface area contributed by atoms with Crippen LogP contribution < -0.4 is 5.56 Å². The molecular weight excluding hydrogens is 435 g/mol. The summed E-state index contributed by atoms with van der Waals surface area (Å²) in [5.74, 6) is -2.66. The molecule has 3 rings (SSSR count). The quantitative estimate of drug-likeness (QED) is 0.759. The Labute approximate surface area is 181 Å². The molecule has 0 aliphatic carbocycles. The number of hydrogen-bond acceptors (Lipinski definition) is 5. The molecule has 0 atom stereocenters. The molecule has 3 heterocycles. The van der Waals surface area contributed by atoms with Gasteiger partial charge in [-0.3, -0.25) is 9.59 Å². The summed E-state index contributed by atoms with van der Waals surface area (Å²) >= 11 is 1.48. The van der Waals surface area contributed by atoms with Crippen LogP contribution in [0.2, 0.25) is 0 Å². The number of carboxylic acid groups (broad SMARTS) is 1. The van der Waals surface area contributed by atoms with Gasteiger partial charge in [0.2, 0.25) is 0 Å². The zero-order valence-corrected chi connectivity index (χ0v) is 18.0. The first-order valence-electron chi connectivity index (χ1n) is 9.50. The van der Waals surface area contributed by atoms with E-state index in [-0.39, 0.29) is 11.5 Å². The Balaban J connectivity index is 0.000000423. The summed E-state index contributed by atoms with van der Waals surface area (Å²) < 4.78 is 33.6. The van der Waals surface area contributed by atoms with E-state index in [1.807, 2.05) is 47.1 Å². The van der Waals surface area contributed by atoms with Gasteiger partial charge in [0.1, 0.15) is 0 Å². The Morgan fingerprint density at radius 2 is 1.81 bits per heavy atom. The van der Waals surface area contributed by atoms with Crippen LogP contribution >= 0.6 is 11.3 Å². The highest BCUT2D eigenvalue weighted by atomic mass is 32.1. The molecule has 0 radical (unpaired) electrons. The minimum Gasteiger partial charge on any atom is -0.475 e. The van der Waals surface area contributed by atoms with E-state index in [1.54, 1.807) is 6.07 Å². The lowest BCUT2D eigenvalue weighted by molar-refractivity contribution is -0.192. The van der Waals surface area contributed by atoms with Gasteiger partial charge >= 0.3 is 12.1 Å². The first-order chi connectivity index (χ1) is 14.5. The molecule has 2 aromatic heterocycles.